The number of nitrogens with one attached hydrogen (secondary N) is 1. The highest BCUT2D eigenvalue weighted by atomic mass is 35.5. The van der Waals surface area contributed by atoms with Crippen molar-refractivity contribution in [3.8, 4) is 11.3 Å². The van der Waals surface area contributed by atoms with Gasteiger partial charge in [-0.1, -0.05) is 41.4 Å². The molecule has 0 bridgehead atoms. The molecule has 9 heteroatoms. The number of aromatic amines is 1. The predicted octanol–water partition coefficient (Wildman–Crippen LogP) is 4.47. The second-order valence-corrected chi connectivity index (χ2v) is 7.93. The molecular formula is C21H19Cl2FN4O2. The summed E-state index contributed by atoms with van der Waals surface area (Å²) < 4.78 is 13.8. The average molecular weight is 449 g/mol. The van der Waals surface area contributed by atoms with E-state index in [0.29, 0.717) is 36.8 Å². The van der Waals surface area contributed by atoms with Gasteiger partial charge in [0, 0.05) is 37.3 Å². The lowest BCUT2D eigenvalue weighted by molar-refractivity contribution is -0.143. The predicted molar refractivity (Wildman–Crippen MR) is 115 cm³/mol. The summed E-state index contributed by atoms with van der Waals surface area (Å²) in [4.78, 5) is 15.8. The van der Waals surface area contributed by atoms with Crippen LogP contribution < -0.4 is 4.90 Å². The number of H-pyrrole nitrogens is 1. The standard InChI is InChI=1S/C21H19Cl2FN4O2/c22-15-4-1-13(2-5-15)18-12-19(26-25-18)27-7-9-28(10-8-27)20(21(29)30)14-3-6-16(23)17(24)11-14/h1-6,11-12,20H,7-10H2,(H,25,26)(H,29,30). The molecule has 30 heavy (non-hydrogen) atoms. The molecule has 4 rings (SSSR count). The highest BCUT2D eigenvalue weighted by Gasteiger charge is 2.31. The first-order chi connectivity index (χ1) is 14.4. The normalized spacial score (nSPS) is 15.9. The Morgan fingerprint density at radius 1 is 1.07 bits per heavy atom. The lowest BCUT2D eigenvalue weighted by Crippen LogP contribution is -2.49. The monoisotopic (exact) mass is 448 g/mol. The number of rotatable bonds is 5. The summed E-state index contributed by atoms with van der Waals surface area (Å²) >= 11 is 11.7. The highest BCUT2D eigenvalue weighted by Crippen LogP contribution is 2.28. The maximum absolute atomic E-state index is 13.8. The molecule has 2 aromatic carbocycles. The Hall–Kier alpha value is -2.61. The number of carboxylic acid groups (broad SMARTS) is 1. The molecule has 0 aliphatic carbocycles. The van der Waals surface area contributed by atoms with Crippen molar-refractivity contribution in [3.05, 3.63) is 70.0 Å². The van der Waals surface area contributed by atoms with Crippen LogP contribution >= 0.6 is 23.2 Å². The van der Waals surface area contributed by atoms with Gasteiger partial charge in [-0.2, -0.15) is 5.10 Å². The molecule has 2 heterocycles. The number of hydrogen-bond donors (Lipinski definition) is 2. The molecule has 156 valence electrons. The molecule has 2 N–H and O–H groups in total. The van der Waals surface area contributed by atoms with E-state index in [4.69, 9.17) is 23.2 Å². The van der Waals surface area contributed by atoms with Crippen LogP contribution in [0.5, 0.6) is 0 Å². The number of piperazine rings is 1. The highest BCUT2D eigenvalue weighted by molar-refractivity contribution is 6.31. The molecular weight excluding hydrogens is 430 g/mol. The van der Waals surface area contributed by atoms with E-state index < -0.39 is 17.8 Å². The van der Waals surface area contributed by atoms with Gasteiger partial charge in [-0.25, -0.2) is 4.39 Å². The summed E-state index contributed by atoms with van der Waals surface area (Å²) in [5.41, 5.74) is 2.24. The Balaban J connectivity index is 1.45. The Morgan fingerprint density at radius 3 is 2.40 bits per heavy atom. The molecule has 1 saturated heterocycles. The zero-order valence-corrected chi connectivity index (χ0v) is 17.4. The Labute approximate surface area is 182 Å². The van der Waals surface area contributed by atoms with Crippen LogP contribution in [0.4, 0.5) is 10.2 Å². The van der Waals surface area contributed by atoms with Gasteiger partial charge in [0.05, 0.1) is 10.7 Å². The van der Waals surface area contributed by atoms with Gasteiger partial charge in [0.2, 0.25) is 0 Å². The number of carboxylic acids is 1. The largest absolute Gasteiger partial charge is 0.480 e. The van der Waals surface area contributed by atoms with E-state index >= 15 is 0 Å². The first-order valence-electron chi connectivity index (χ1n) is 9.40. The van der Waals surface area contributed by atoms with Crippen LogP contribution in [-0.4, -0.2) is 52.4 Å². The minimum absolute atomic E-state index is 0.0252. The second-order valence-electron chi connectivity index (χ2n) is 7.08. The van der Waals surface area contributed by atoms with Gasteiger partial charge < -0.3 is 10.0 Å². The molecule has 0 radical (unpaired) electrons. The number of halogens is 3. The molecule has 0 saturated carbocycles. The van der Waals surface area contributed by atoms with Gasteiger partial charge in [-0.3, -0.25) is 14.8 Å². The lowest BCUT2D eigenvalue weighted by atomic mass is 10.0. The van der Waals surface area contributed by atoms with Crippen molar-refractivity contribution in [3.63, 3.8) is 0 Å². The van der Waals surface area contributed by atoms with E-state index in [9.17, 15) is 14.3 Å². The third kappa shape index (κ3) is 4.28. The Bertz CT molecular complexity index is 1050. The minimum Gasteiger partial charge on any atom is -0.480 e. The molecule has 0 amide bonds. The number of anilines is 1. The van der Waals surface area contributed by atoms with Crippen LogP contribution in [0.1, 0.15) is 11.6 Å². The second kappa shape index (κ2) is 8.63. The Kier molecular flexibility index (Phi) is 5.94. The summed E-state index contributed by atoms with van der Waals surface area (Å²) in [6.07, 6.45) is 0. The molecule has 3 aromatic rings. The van der Waals surface area contributed by atoms with E-state index in [1.54, 1.807) is 6.07 Å². The topological polar surface area (TPSA) is 72.5 Å². The van der Waals surface area contributed by atoms with Crippen molar-refractivity contribution in [1.82, 2.24) is 15.1 Å². The maximum atomic E-state index is 13.8. The van der Waals surface area contributed by atoms with Crippen molar-refractivity contribution in [1.29, 1.82) is 0 Å². The van der Waals surface area contributed by atoms with Crippen molar-refractivity contribution >= 4 is 35.0 Å². The molecule has 1 aliphatic heterocycles. The van der Waals surface area contributed by atoms with Crippen LogP contribution in [0.15, 0.2) is 48.5 Å². The number of carbonyl (C=O) groups is 1. The minimum atomic E-state index is -1.02. The summed E-state index contributed by atoms with van der Waals surface area (Å²) in [6.45, 7) is 2.21. The molecule has 1 fully saturated rings. The van der Waals surface area contributed by atoms with E-state index in [-0.39, 0.29) is 5.02 Å². The number of aromatic nitrogens is 2. The SMILES string of the molecule is O=C(O)C(c1ccc(Cl)c(F)c1)N1CCN(c2cc(-c3ccc(Cl)cc3)[nH]n2)CC1. The van der Waals surface area contributed by atoms with Gasteiger partial charge in [-0.15, -0.1) is 0 Å². The molecule has 6 nitrogen and oxygen atoms in total. The Morgan fingerprint density at radius 2 is 1.77 bits per heavy atom. The molecule has 1 aliphatic rings. The van der Waals surface area contributed by atoms with E-state index in [1.807, 2.05) is 35.2 Å². The van der Waals surface area contributed by atoms with E-state index in [2.05, 4.69) is 15.1 Å². The average Bonchev–Trinajstić information content (AvgIpc) is 3.22. The van der Waals surface area contributed by atoms with Crippen LogP contribution in [0, 0.1) is 5.82 Å². The van der Waals surface area contributed by atoms with Crippen LogP contribution in [0.3, 0.4) is 0 Å². The number of benzene rings is 2. The first kappa shape index (κ1) is 20.7. The van der Waals surface area contributed by atoms with Gasteiger partial charge in [0.15, 0.2) is 5.82 Å². The summed E-state index contributed by atoms with van der Waals surface area (Å²) in [7, 11) is 0. The fraction of sp³-hybridized carbons (Fsp3) is 0.238. The van der Waals surface area contributed by atoms with Crippen LogP contribution in [0.2, 0.25) is 10.0 Å². The van der Waals surface area contributed by atoms with Crippen molar-refractivity contribution in [2.24, 2.45) is 0 Å². The van der Waals surface area contributed by atoms with Crippen molar-refractivity contribution in [2.45, 2.75) is 6.04 Å². The van der Waals surface area contributed by atoms with Gasteiger partial charge >= 0.3 is 5.97 Å². The molecule has 1 atom stereocenters. The number of hydrogen-bond acceptors (Lipinski definition) is 4. The molecule has 1 unspecified atom stereocenters. The van der Waals surface area contributed by atoms with Crippen molar-refractivity contribution in [2.75, 3.05) is 31.1 Å². The lowest BCUT2D eigenvalue weighted by Gasteiger charge is -2.37. The number of nitrogens with zero attached hydrogens (tertiary/aromatic N) is 3. The van der Waals surface area contributed by atoms with Crippen molar-refractivity contribution < 1.29 is 14.3 Å². The fourth-order valence-corrected chi connectivity index (χ4v) is 3.90. The van der Waals surface area contributed by atoms with Gasteiger partial charge in [0.1, 0.15) is 11.9 Å². The van der Waals surface area contributed by atoms with E-state index in [1.165, 1.54) is 12.1 Å². The quantitative estimate of drug-likeness (QED) is 0.602. The van der Waals surface area contributed by atoms with Crippen LogP contribution in [-0.2, 0) is 4.79 Å². The fourth-order valence-electron chi connectivity index (χ4n) is 3.65. The van der Waals surface area contributed by atoms with Gasteiger partial charge in [-0.05, 0) is 35.4 Å². The third-order valence-corrected chi connectivity index (χ3v) is 5.77. The van der Waals surface area contributed by atoms with Gasteiger partial charge in [0.25, 0.3) is 0 Å². The zero-order valence-electron chi connectivity index (χ0n) is 15.9. The maximum Gasteiger partial charge on any atom is 0.325 e. The van der Waals surface area contributed by atoms with E-state index in [0.717, 1.165) is 17.1 Å². The molecule has 0 spiro atoms. The summed E-state index contributed by atoms with van der Waals surface area (Å²) in [5.74, 6) is -0.843. The first-order valence-corrected chi connectivity index (χ1v) is 10.2. The molecule has 1 aromatic heterocycles. The third-order valence-electron chi connectivity index (χ3n) is 5.22. The summed E-state index contributed by atoms with van der Waals surface area (Å²) in [6, 6.07) is 12.7. The smallest absolute Gasteiger partial charge is 0.325 e. The summed E-state index contributed by atoms with van der Waals surface area (Å²) in [5, 5.41) is 17.8. The zero-order chi connectivity index (χ0) is 21.3. The van der Waals surface area contributed by atoms with Crippen LogP contribution in [0.25, 0.3) is 11.3 Å². The number of aliphatic carboxylic acids is 1.